The number of carbonyl (C=O) groups is 2. The van der Waals surface area contributed by atoms with Crippen LogP contribution in [0.25, 0.3) is 0 Å². The lowest BCUT2D eigenvalue weighted by Gasteiger charge is -2.22. The van der Waals surface area contributed by atoms with Crippen LogP contribution in [0.2, 0.25) is 5.02 Å². The van der Waals surface area contributed by atoms with Gasteiger partial charge in [0.15, 0.2) is 0 Å². The molecule has 2 rings (SSSR count). The molecule has 1 saturated heterocycles. The normalized spacial score (nSPS) is 22.2. The van der Waals surface area contributed by atoms with Crippen molar-refractivity contribution in [2.75, 3.05) is 18.4 Å². The molecule has 0 saturated carbocycles. The second-order valence-corrected chi connectivity index (χ2v) is 5.52. The molecule has 1 aliphatic heterocycles. The predicted octanol–water partition coefficient (Wildman–Crippen LogP) is 2.21. The molecular weight excluding hydrogens is 299 g/mol. The van der Waals surface area contributed by atoms with Crippen LogP contribution in [-0.4, -0.2) is 41.0 Å². The molecule has 2 unspecified atom stereocenters. The number of nitrogens with one attached hydrogen (secondary N) is 1. The summed E-state index contributed by atoms with van der Waals surface area (Å²) in [4.78, 5) is 24.8. The van der Waals surface area contributed by atoms with E-state index >= 15 is 0 Å². The van der Waals surface area contributed by atoms with Gasteiger partial charge in [-0.25, -0.2) is 4.39 Å². The van der Waals surface area contributed by atoms with Crippen molar-refractivity contribution in [3.05, 3.63) is 29.0 Å². The average molecular weight is 315 g/mol. The van der Waals surface area contributed by atoms with Gasteiger partial charge in [0.25, 0.3) is 0 Å². The molecule has 1 fully saturated rings. The van der Waals surface area contributed by atoms with Crippen LogP contribution in [0.5, 0.6) is 0 Å². The first-order valence-corrected chi connectivity index (χ1v) is 6.98. The van der Waals surface area contributed by atoms with Gasteiger partial charge in [-0.05, 0) is 38.1 Å². The summed E-state index contributed by atoms with van der Waals surface area (Å²) in [6, 6.07) is 3.52. The van der Waals surface area contributed by atoms with Gasteiger partial charge in [0.1, 0.15) is 5.82 Å². The fourth-order valence-electron chi connectivity index (χ4n) is 2.52. The molecule has 1 heterocycles. The summed E-state index contributed by atoms with van der Waals surface area (Å²) in [7, 11) is 0. The summed E-state index contributed by atoms with van der Waals surface area (Å²) in [5.74, 6) is -2.07. The highest BCUT2D eigenvalue weighted by molar-refractivity contribution is 6.33. The lowest BCUT2D eigenvalue weighted by molar-refractivity contribution is -0.142. The summed E-state index contributed by atoms with van der Waals surface area (Å²) in [5, 5.41) is 11.8. The van der Waals surface area contributed by atoms with Crippen molar-refractivity contribution in [3.63, 3.8) is 0 Å². The van der Waals surface area contributed by atoms with Gasteiger partial charge in [0.2, 0.25) is 5.91 Å². The number of rotatable bonds is 4. The van der Waals surface area contributed by atoms with Gasteiger partial charge in [-0.2, -0.15) is 0 Å². The fourth-order valence-corrected chi connectivity index (χ4v) is 2.74. The zero-order valence-corrected chi connectivity index (χ0v) is 12.2. The van der Waals surface area contributed by atoms with E-state index in [1.54, 1.807) is 6.92 Å². The lowest BCUT2D eigenvalue weighted by Crippen LogP contribution is -2.38. The van der Waals surface area contributed by atoms with Crippen LogP contribution in [0.4, 0.5) is 10.1 Å². The minimum absolute atomic E-state index is 0.0820. The number of anilines is 1. The van der Waals surface area contributed by atoms with E-state index in [0.29, 0.717) is 18.7 Å². The number of hydrogen-bond acceptors (Lipinski definition) is 3. The Morgan fingerprint density at radius 3 is 2.81 bits per heavy atom. The number of halogens is 2. The number of nitrogens with zero attached hydrogens (tertiary/aromatic N) is 1. The largest absolute Gasteiger partial charge is 0.481 e. The quantitative estimate of drug-likeness (QED) is 0.894. The second-order valence-electron chi connectivity index (χ2n) is 5.12. The Labute approximate surface area is 126 Å². The molecular formula is C14H16ClFN2O3. The Morgan fingerprint density at radius 1 is 1.52 bits per heavy atom. The Morgan fingerprint density at radius 2 is 2.24 bits per heavy atom. The molecule has 1 aliphatic rings. The number of benzene rings is 1. The molecule has 21 heavy (non-hydrogen) atoms. The van der Waals surface area contributed by atoms with Crippen molar-refractivity contribution >= 4 is 29.2 Å². The van der Waals surface area contributed by atoms with Crippen LogP contribution in [0.1, 0.15) is 13.3 Å². The molecule has 2 atom stereocenters. The number of carbonyl (C=O) groups excluding carboxylic acids is 1. The highest BCUT2D eigenvalue weighted by Gasteiger charge is 2.36. The van der Waals surface area contributed by atoms with E-state index in [9.17, 15) is 14.0 Å². The number of hydrogen-bond donors (Lipinski definition) is 2. The number of carboxylic acids is 1. The molecule has 7 heteroatoms. The molecule has 1 aromatic carbocycles. The van der Waals surface area contributed by atoms with Crippen molar-refractivity contribution in [1.29, 1.82) is 0 Å². The Bertz CT molecular complexity index is 567. The van der Waals surface area contributed by atoms with Gasteiger partial charge < -0.3 is 10.4 Å². The lowest BCUT2D eigenvalue weighted by atomic mass is 10.0. The molecule has 1 amide bonds. The van der Waals surface area contributed by atoms with E-state index in [2.05, 4.69) is 5.32 Å². The summed E-state index contributed by atoms with van der Waals surface area (Å²) in [5.41, 5.74) is 0.338. The summed E-state index contributed by atoms with van der Waals surface area (Å²) in [6.45, 7) is 2.44. The minimum atomic E-state index is -0.841. The Balaban J connectivity index is 1.95. The molecule has 0 bridgehead atoms. The Kier molecular flexibility index (Phi) is 4.80. The maximum absolute atomic E-state index is 12.9. The van der Waals surface area contributed by atoms with Crippen molar-refractivity contribution in [3.8, 4) is 0 Å². The number of carboxylic acid groups (broad SMARTS) is 1. The van der Waals surface area contributed by atoms with E-state index in [1.807, 2.05) is 4.90 Å². The SMILES string of the molecule is CC1C(C(=O)O)CCN1CC(=O)Nc1ccc(F)cc1Cl. The highest BCUT2D eigenvalue weighted by atomic mass is 35.5. The first-order chi connectivity index (χ1) is 9.88. The molecule has 114 valence electrons. The van der Waals surface area contributed by atoms with E-state index in [4.69, 9.17) is 16.7 Å². The maximum atomic E-state index is 12.9. The van der Waals surface area contributed by atoms with Crippen molar-refractivity contribution in [1.82, 2.24) is 4.90 Å². The zero-order chi connectivity index (χ0) is 15.6. The molecule has 0 aliphatic carbocycles. The number of aliphatic carboxylic acids is 1. The van der Waals surface area contributed by atoms with Crippen LogP contribution < -0.4 is 5.32 Å². The molecule has 0 radical (unpaired) electrons. The first kappa shape index (κ1) is 15.7. The maximum Gasteiger partial charge on any atom is 0.308 e. The van der Waals surface area contributed by atoms with Crippen LogP contribution >= 0.6 is 11.6 Å². The van der Waals surface area contributed by atoms with E-state index in [1.165, 1.54) is 12.1 Å². The second kappa shape index (κ2) is 6.41. The minimum Gasteiger partial charge on any atom is -0.481 e. The number of amides is 1. The van der Waals surface area contributed by atoms with E-state index in [0.717, 1.165) is 6.07 Å². The third kappa shape index (κ3) is 3.71. The van der Waals surface area contributed by atoms with Gasteiger partial charge in [-0.15, -0.1) is 0 Å². The van der Waals surface area contributed by atoms with Gasteiger partial charge in [0.05, 0.1) is 23.2 Å². The van der Waals surface area contributed by atoms with Crippen LogP contribution in [0.15, 0.2) is 18.2 Å². The van der Waals surface area contributed by atoms with E-state index < -0.39 is 17.7 Å². The van der Waals surface area contributed by atoms with Crippen molar-refractivity contribution in [2.24, 2.45) is 5.92 Å². The van der Waals surface area contributed by atoms with Crippen LogP contribution in [-0.2, 0) is 9.59 Å². The van der Waals surface area contributed by atoms with Gasteiger partial charge in [-0.3, -0.25) is 14.5 Å². The molecule has 2 N–H and O–H groups in total. The third-order valence-electron chi connectivity index (χ3n) is 3.75. The number of likely N-dealkylation sites (tertiary alicyclic amines) is 1. The van der Waals surface area contributed by atoms with Crippen LogP contribution in [0, 0.1) is 11.7 Å². The molecule has 1 aromatic rings. The highest BCUT2D eigenvalue weighted by Crippen LogP contribution is 2.25. The molecule has 0 spiro atoms. The average Bonchev–Trinajstić information content (AvgIpc) is 2.74. The van der Waals surface area contributed by atoms with Gasteiger partial charge in [-0.1, -0.05) is 11.6 Å². The summed E-state index contributed by atoms with van der Waals surface area (Å²) in [6.07, 6.45) is 0.529. The predicted molar refractivity (Wildman–Crippen MR) is 76.8 cm³/mol. The monoisotopic (exact) mass is 314 g/mol. The van der Waals surface area contributed by atoms with Crippen molar-refractivity contribution < 1.29 is 19.1 Å². The summed E-state index contributed by atoms with van der Waals surface area (Å²) >= 11 is 5.84. The first-order valence-electron chi connectivity index (χ1n) is 6.60. The smallest absolute Gasteiger partial charge is 0.308 e. The van der Waals surface area contributed by atoms with Crippen LogP contribution in [0.3, 0.4) is 0 Å². The summed E-state index contributed by atoms with van der Waals surface area (Å²) < 4.78 is 12.9. The standard InChI is InChI=1S/C14H16ClFN2O3/c1-8-10(14(20)21)4-5-18(8)7-13(19)17-12-3-2-9(16)6-11(12)15/h2-3,6,8,10H,4-5,7H2,1H3,(H,17,19)(H,20,21). The zero-order valence-electron chi connectivity index (χ0n) is 11.5. The van der Waals surface area contributed by atoms with Gasteiger partial charge in [0, 0.05) is 6.04 Å². The Hall–Kier alpha value is -1.66. The molecule has 5 nitrogen and oxygen atoms in total. The van der Waals surface area contributed by atoms with Crippen molar-refractivity contribution in [2.45, 2.75) is 19.4 Å². The van der Waals surface area contributed by atoms with E-state index in [-0.39, 0.29) is 23.5 Å². The third-order valence-corrected chi connectivity index (χ3v) is 4.07. The topological polar surface area (TPSA) is 69.6 Å². The molecule has 0 aromatic heterocycles. The van der Waals surface area contributed by atoms with Gasteiger partial charge >= 0.3 is 5.97 Å². The fraction of sp³-hybridized carbons (Fsp3) is 0.429.